The van der Waals surface area contributed by atoms with Crippen molar-refractivity contribution in [1.29, 1.82) is 0 Å². The Hall–Kier alpha value is -2.82. The second-order valence-corrected chi connectivity index (χ2v) is 5.04. The summed E-state index contributed by atoms with van der Waals surface area (Å²) >= 11 is 0. The molecule has 0 aliphatic rings. The fraction of sp³-hybridized carbons (Fsp3) is 0.118. The van der Waals surface area contributed by atoms with Gasteiger partial charge in [0, 0.05) is 35.8 Å². The maximum atomic E-state index is 14.2. The van der Waals surface area contributed by atoms with Gasteiger partial charge in [-0.1, -0.05) is 6.07 Å². The summed E-state index contributed by atoms with van der Waals surface area (Å²) in [7, 11) is 3.26. The van der Waals surface area contributed by atoms with Crippen LogP contribution in [-0.4, -0.2) is 22.8 Å². The first kappa shape index (κ1) is 14.1. The highest BCUT2D eigenvalue weighted by Crippen LogP contribution is 2.30. The number of halogens is 1. The van der Waals surface area contributed by atoms with Gasteiger partial charge in [0.15, 0.2) is 0 Å². The van der Waals surface area contributed by atoms with E-state index in [4.69, 9.17) is 4.74 Å². The summed E-state index contributed by atoms with van der Waals surface area (Å²) in [5, 5.41) is 9.86. The molecule has 2 aromatic carbocycles. The number of carbonyl (C=O) groups is 1. The summed E-state index contributed by atoms with van der Waals surface area (Å²) in [4.78, 5) is 11.3. The first-order chi connectivity index (χ1) is 10.5. The van der Waals surface area contributed by atoms with Crippen molar-refractivity contribution in [3.63, 3.8) is 0 Å². The molecule has 1 heterocycles. The number of hydrogen-bond acceptors (Lipinski definition) is 2. The number of benzene rings is 2. The van der Waals surface area contributed by atoms with Gasteiger partial charge >= 0.3 is 5.97 Å². The predicted octanol–water partition coefficient (Wildman–Crippen LogP) is 3.69. The number of aromatic carboxylic acids is 1. The summed E-state index contributed by atoms with van der Waals surface area (Å²) in [5.41, 5.74) is 2.02. The van der Waals surface area contributed by atoms with E-state index in [1.807, 2.05) is 0 Å². The zero-order chi connectivity index (χ0) is 15.9. The quantitative estimate of drug-likeness (QED) is 0.802. The molecule has 0 unspecified atom stereocenters. The van der Waals surface area contributed by atoms with Gasteiger partial charge in [-0.15, -0.1) is 0 Å². The highest BCUT2D eigenvalue weighted by atomic mass is 19.1. The number of aromatic nitrogens is 1. The van der Waals surface area contributed by atoms with Gasteiger partial charge < -0.3 is 14.4 Å². The molecular weight excluding hydrogens is 285 g/mol. The first-order valence-corrected chi connectivity index (χ1v) is 6.67. The Morgan fingerprint density at radius 2 is 2.00 bits per heavy atom. The van der Waals surface area contributed by atoms with Gasteiger partial charge in [-0.3, -0.25) is 0 Å². The summed E-state index contributed by atoms with van der Waals surface area (Å²) in [6.45, 7) is 0. The summed E-state index contributed by atoms with van der Waals surface area (Å²) in [5.74, 6) is -0.974. The number of methoxy groups -OCH3 is 1. The number of nitrogens with zero attached hydrogens (tertiary/aromatic N) is 1. The molecule has 0 atom stereocenters. The minimum atomic E-state index is -1.00. The van der Waals surface area contributed by atoms with E-state index < -0.39 is 11.8 Å². The number of fused-ring (bicyclic) bond motifs is 1. The van der Waals surface area contributed by atoms with Gasteiger partial charge in [0.05, 0.1) is 12.7 Å². The van der Waals surface area contributed by atoms with Crippen molar-refractivity contribution in [2.45, 2.75) is 0 Å². The van der Waals surface area contributed by atoms with Gasteiger partial charge in [0.25, 0.3) is 0 Å². The number of ether oxygens (including phenoxy) is 1. The van der Waals surface area contributed by atoms with Gasteiger partial charge in [0.1, 0.15) is 11.6 Å². The molecule has 3 aromatic rings. The molecule has 0 spiro atoms. The molecule has 0 bridgehead atoms. The van der Waals surface area contributed by atoms with Crippen molar-refractivity contribution in [1.82, 2.24) is 4.57 Å². The molecule has 0 radical (unpaired) electrons. The lowest BCUT2D eigenvalue weighted by molar-refractivity contribution is 0.0699. The minimum Gasteiger partial charge on any atom is -0.497 e. The van der Waals surface area contributed by atoms with Gasteiger partial charge in [-0.2, -0.15) is 0 Å². The molecule has 0 saturated carbocycles. The van der Waals surface area contributed by atoms with Gasteiger partial charge in [-0.25, -0.2) is 9.18 Å². The Labute approximate surface area is 126 Å². The predicted molar refractivity (Wildman–Crippen MR) is 81.8 cm³/mol. The van der Waals surface area contributed by atoms with Crippen LogP contribution in [0, 0.1) is 5.82 Å². The molecule has 22 heavy (non-hydrogen) atoms. The van der Waals surface area contributed by atoms with Crippen LogP contribution < -0.4 is 4.74 Å². The molecule has 0 saturated heterocycles. The third kappa shape index (κ3) is 2.20. The van der Waals surface area contributed by atoms with Crippen LogP contribution in [0.1, 0.15) is 10.4 Å². The van der Waals surface area contributed by atoms with Crippen LogP contribution >= 0.6 is 0 Å². The van der Waals surface area contributed by atoms with E-state index >= 15 is 0 Å². The monoisotopic (exact) mass is 299 g/mol. The third-order valence-electron chi connectivity index (χ3n) is 3.71. The smallest absolute Gasteiger partial charge is 0.337 e. The second kappa shape index (κ2) is 5.18. The molecule has 1 N–H and O–H groups in total. The molecule has 1 aromatic heterocycles. The molecule has 0 aliphatic heterocycles. The summed E-state index contributed by atoms with van der Waals surface area (Å²) in [6.07, 6.45) is 1.56. The Kier molecular flexibility index (Phi) is 3.33. The summed E-state index contributed by atoms with van der Waals surface area (Å²) in [6, 6.07) is 9.87. The Bertz CT molecular complexity index is 883. The van der Waals surface area contributed by atoms with E-state index in [-0.39, 0.29) is 5.56 Å². The number of aryl methyl sites for hydroxylation is 1. The van der Waals surface area contributed by atoms with Crippen LogP contribution in [0.3, 0.4) is 0 Å². The van der Waals surface area contributed by atoms with E-state index in [1.165, 1.54) is 13.2 Å². The zero-order valence-corrected chi connectivity index (χ0v) is 12.1. The van der Waals surface area contributed by atoms with Crippen LogP contribution in [-0.2, 0) is 7.05 Å². The first-order valence-electron chi connectivity index (χ1n) is 6.67. The average molecular weight is 299 g/mol. The van der Waals surface area contributed by atoms with E-state index in [2.05, 4.69) is 0 Å². The topological polar surface area (TPSA) is 51.5 Å². The number of hydrogen-bond donors (Lipinski definition) is 1. The molecule has 0 amide bonds. The minimum absolute atomic E-state index is 0.202. The van der Waals surface area contributed by atoms with Crippen LogP contribution in [0.4, 0.5) is 4.39 Å². The van der Waals surface area contributed by atoms with Crippen molar-refractivity contribution < 1.29 is 19.0 Å². The second-order valence-electron chi connectivity index (χ2n) is 5.04. The van der Waals surface area contributed by atoms with Crippen molar-refractivity contribution in [2.24, 2.45) is 7.05 Å². The standard InChI is InChI=1S/C17H14FNO3/c1-19-9-14(17(20)21)13-7-10(3-6-16(13)19)12-5-4-11(22-2)8-15(12)18/h3-9H,1-2H3,(H,20,21). The SMILES string of the molecule is COc1ccc(-c2ccc3c(c2)c(C(=O)O)cn3C)c(F)c1. The zero-order valence-electron chi connectivity index (χ0n) is 12.1. The number of carboxylic acids is 1. The van der Waals surface area contributed by atoms with E-state index in [0.717, 1.165) is 5.52 Å². The van der Waals surface area contributed by atoms with Crippen molar-refractivity contribution in [2.75, 3.05) is 7.11 Å². The normalized spacial score (nSPS) is 10.9. The fourth-order valence-corrected chi connectivity index (χ4v) is 2.59. The molecular formula is C17H14FNO3. The molecule has 3 rings (SSSR count). The molecule has 5 heteroatoms. The number of rotatable bonds is 3. The molecule has 4 nitrogen and oxygen atoms in total. The third-order valence-corrected chi connectivity index (χ3v) is 3.71. The van der Waals surface area contributed by atoms with Crippen LogP contribution in [0.2, 0.25) is 0 Å². The summed E-state index contributed by atoms with van der Waals surface area (Å²) < 4.78 is 20.9. The van der Waals surface area contributed by atoms with Crippen molar-refractivity contribution >= 4 is 16.9 Å². The van der Waals surface area contributed by atoms with Crippen LogP contribution in [0.5, 0.6) is 5.75 Å². The Morgan fingerprint density at radius 1 is 1.23 bits per heavy atom. The lowest BCUT2D eigenvalue weighted by Crippen LogP contribution is -1.94. The fourth-order valence-electron chi connectivity index (χ4n) is 2.59. The average Bonchev–Trinajstić information content (AvgIpc) is 2.84. The highest BCUT2D eigenvalue weighted by Gasteiger charge is 2.15. The van der Waals surface area contributed by atoms with E-state index in [9.17, 15) is 14.3 Å². The van der Waals surface area contributed by atoms with Crippen molar-refractivity contribution in [3.05, 3.63) is 54.0 Å². The van der Waals surface area contributed by atoms with Crippen LogP contribution in [0.15, 0.2) is 42.6 Å². The number of carboxylic acid groups (broad SMARTS) is 1. The molecule has 0 fully saturated rings. The van der Waals surface area contributed by atoms with Crippen LogP contribution in [0.25, 0.3) is 22.0 Å². The molecule has 0 aliphatic carbocycles. The van der Waals surface area contributed by atoms with E-state index in [1.54, 1.807) is 48.1 Å². The van der Waals surface area contributed by atoms with Gasteiger partial charge in [0.2, 0.25) is 0 Å². The van der Waals surface area contributed by atoms with E-state index in [0.29, 0.717) is 22.3 Å². The maximum absolute atomic E-state index is 14.2. The Morgan fingerprint density at radius 3 is 2.64 bits per heavy atom. The molecule has 112 valence electrons. The highest BCUT2D eigenvalue weighted by molar-refractivity contribution is 6.04. The maximum Gasteiger partial charge on any atom is 0.337 e. The largest absolute Gasteiger partial charge is 0.497 e. The van der Waals surface area contributed by atoms with Gasteiger partial charge in [-0.05, 0) is 29.8 Å². The lowest BCUT2D eigenvalue weighted by atomic mass is 10.0. The Balaban J connectivity index is 2.20. The lowest BCUT2D eigenvalue weighted by Gasteiger charge is -2.07. The van der Waals surface area contributed by atoms with Crippen molar-refractivity contribution in [3.8, 4) is 16.9 Å².